The highest BCUT2D eigenvalue weighted by molar-refractivity contribution is 5.76. The zero-order valence-electron chi connectivity index (χ0n) is 16.5. The average molecular weight is 418 g/mol. The van der Waals surface area contributed by atoms with E-state index in [1.54, 1.807) is 26.2 Å². The molecule has 158 valence electrons. The molecule has 0 aliphatic rings. The van der Waals surface area contributed by atoms with Gasteiger partial charge in [0.2, 0.25) is 5.91 Å². The first-order valence-corrected chi connectivity index (χ1v) is 9.26. The molecule has 30 heavy (non-hydrogen) atoms. The molecular weight excluding hydrogens is 397 g/mol. The minimum absolute atomic E-state index is 0.144. The van der Waals surface area contributed by atoms with E-state index in [1.165, 1.54) is 12.1 Å². The summed E-state index contributed by atoms with van der Waals surface area (Å²) >= 11 is 0. The molecule has 6 nitrogen and oxygen atoms in total. The first-order chi connectivity index (χ1) is 14.3. The number of aromatic nitrogens is 3. The molecule has 0 saturated carbocycles. The highest BCUT2D eigenvalue weighted by Crippen LogP contribution is 2.30. The number of nitrogens with zero attached hydrogens (tertiary/aromatic N) is 2. The molecular formula is C21H21F3N4O2. The van der Waals surface area contributed by atoms with Gasteiger partial charge in [0.1, 0.15) is 11.6 Å². The normalized spacial score (nSPS) is 12.4. The zero-order valence-corrected chi connectivity index (χ0v) is 16.5. The van der Waals surface area contributed by atoms with Crippen LogP contribution in [0.5, 0.6) is 5.75 Å². The number of nitrogens with one attached hydrogen (secondary N) is 2. The van der Waals surface area contributed by atoms with E-state index >= 15 is 0 Å². The van der Waals surface area contributed by atoms with Crippen LogP contribution in [0.25, 0.3) is 11.4 Å². The molecule has 2 N–H and O–H groups in total. The Bertz CT molecular complexity index is 983. The van der Waals surface area contributed by atoms with Gasteiger partial charge in [-0.2, -0.15) is 18.3 Å². The van der Waals surface area contributed by atoms with Crippen LogP contribution >= 0.6 is 0 Å². The van der Waals surface area contributed by atoms with Crippen LogP contribution in [0.2, 0.25) is 0 Å². The summed E-state index contributed by atoms with van der Waals surface area (Å²) in [7, 11) is 1.58. The van der Waals surface area contributed by atoms with E-state index in [0.717, 1.165) is 23.4 Å². The maximum atomic E-state index is 12.7. The third-order valence-corrected chi connectivity index (χ3v) is 4.63. The summed E-state index contributed by atoms with van der Waals surface area (Å²) in [4.78, 5) is 16.6. The van der Waals surface area contributed by atoms with Gasteiger partial charge in [-0.15, -0.1) is 0 Å². The minimum Gasteiger partial charge on any atom is -0.497 e. The fourth-order valence-corrected chi connectivity index (χ4v) is 2.89. The Morgan fingerprint density at radius 1 is 1.13 bits per heavy atom. The van der Waals surface area contributed by atoms with Crippen LogP contribution in [0.4, 0.5) is 13.2 Å². The number of ether oxygens (including phenoxy) is 1. The van der Waals surface area contributed by atoms with Crippen LogP contribution in [0.1, 0.15) is 36.2 Å². The topological polar surface area (TPSA) is 79.9 Å². The highest BCUT2D eigenvalue weighted by atomic mass is 19.4. The Hall–Kier alpha value is -3.36. The first kappa shape index (κ1) is 21.4. The number of methoxy groups -OCH3 is 1. The summed E-state index contributed by atoms with van der Waals surface area (Å²) in [5.74, 6) is 1.27. The number of amides is 1. The smallest absolute Gasteiger partial charge is 0.416 e. The fourth-order valence-electron chi connectivity index (χ4n) is 2.89. The molecule has 1 aromatic heterocycles. The number of carbonyl (C=O) groups is 1. The maximum absolute atomic E-state index is 12.7. The Balaban J connectivity index is 1.52. The van der Waals surface area contributed by atoms with Gasteiger partial charge in [0, 0.05) is 12.0 Å². The molecule has 0 spiro atoms. The van der Waals surface area contributed by atoms with E-state index in [0.29, 0.717) is 17.2 Å². The van der Waals surface area contributed by atoms with Gasteiger partial charge in [0.05, 0.1) is 19.2 Å². The third kappa shape index (κ3) is 5.37. The van der Waals surface area contributed by atoms with Crippen molar-refractivity contribution in [3.8, 4) is 17.1 Å². The monoisotopic (exact) mass is 418 g/mol. The number of carbonyl (C=O) groups excluding carboxylic acids is 1. The van der Waals surface area contributed by atoms with Crippen LogP contribution in [-0.4, -0.2) is 28.2 Å². The lowest BCUT2D eigenvalue weighted by Gasteiger charge is -2.13. The van der Waals surface area contributed by atoms with Crippen molar-refractivity contribution in [3.05, 3.63) is 65.5 Å². The van der Waals surface area contributed by atoms with Gasteiger partial charge in [-0.3, -0.25) is 9.89 Å². The number of hydrogen-bond donors (Lipinski definition) is 2. The van der Waals surface area contributed by atoms with Crippen molar-refractivity contribution in [2.75, 3.05) is 7.11 Å². The predicted octanol–water partition coefficient (Wildman–Crippen LogP) is 4.31. The number of hydrogen-bond acceptors (Lipinski definition) is 4. The largest absolute Gasteiger partial charge is 0.497 e. The zero-order chi connectivity index (χ0) is 21.7. The van der Waals surface area contributed by atoms with Crippen molar-refractivity contribution in [1.82, 2.24) is 20.5 Å². The van der Waals surface area contributed by atoms with Crippen LogP contribution in [0, 0.1) is 0 Å². The number of aromatic amines is 1. The van der Waals surface area contributed by atoms with Gasteiger partial charge in [0.15, 0.2) is 5.82 Å². The Labute approximate surface area is 171 Å². The molecule has 9 heteroatoms. The van der Waals surface area contributed by atoms with E-state index in [1.807, 2.05) is 12.1 Å². The Kier molecular flexibility index (Phi) is 6.39. The second-order valence-corrected chi connectivity index (χ2v) is 6.84. The minimum atomic E-state index is -4.37. The number of halogens is 3. The molecule has 0 aliphatic carbocycles. The van der Waals surface area contributed by atoms with Gasteiger partial charge < -0.3 is 10.1 Å². The van der Waals surface area contributed by atoms with Crippen molar-refractivity contribution in [2.24, 2.45) is 0 Å². The molecule has 0 fully saturated rings. The quantitative estimate of drug-likeness (QED) is 0.599. The van der Waals surface area contributed by atoms with E-state index in [9.17, 15) is 18.0 Å². The fraction of sp³-hybridized carbons (Fsp3) is 0.286. The van der Waals surface area contributed by atoms with Crippen LogP contribution in [0.15, 0.2) is 48.5 Å². The second-order valence-electron chi connectivity index (χ2n) is 6.84. The highest BCUT2D eigenvalue weighted by Gasteiger charge is 2.30. The van der Waals surface area contributed by atoms with Crippen molar-refractivity contribution < 1.29 is 22.7 Å². The molecule has 1 atom stereocenters. The molecule has 2 aromatic carbocycles. The second kappa shape index (κ2) is 8.98. The number of alkyl halides is 3. The predicted molar refractivity (Wildman–Crippen MR) is 105 cm³/mol. The molecule has 1 amide bonds. The van der Waals surface area contributed by atoms with E-state index in [4.69, 9.17) is 4.74 Å². The molecule has 3 rings (SSSR count). The van der Waals surface area contributed by atoms with Crippen molar-refractivity contribution in [1.29, 1.82) is 0 Å². The molecule has 3 aromatic rings. The van der Waals surface area contributed by atoms with Crippen LogP contribution < -0.4 is 10.1 Å². The van der Waals surface area contributed by atoms with Crippen LogP contribution in [-0.2, 0) is 17.5 Å². The third-order valence-electron chi connectivity index (χ3n) is 4.63. The summed E-state index contributed by atoms with van der Waals surface area (Å²) in [6.07, 6.45) is -4.23. The van der Waals surface area contributed by atoms with Crippen molar-refractivity contribution in [2.45, 2.75) is 32.0 Å². The standard InChI is InChI=1S/C21H21F3N4O2/c1-13(14-3-7-16(8-4-14)21(22,23)24)11-19(29)25-12-18-26-20(28-27-18)15-5-9-17(30-2)10-6-15/h3-10,13H,11-12H2,1-2H3,(H,25,29)(H,26,27,28). The first-order valence-electron chi connectivity index (χ1n) is 9.26. The average Bonchev–Trinajstić information content (AvgIpc) is 3.21. The lowest BCUT2D eigenvalue weighted by atomic mass is 9.96. The number of H-pyrrole nitrogens is 1. The molecule has 0 aliphatic heterocycles. The summed E-state index contributed by atoms with van der Waals surface area (Å²) in [6.45, 7) is 1.96. The summed E-state index contributed by atoms with van der Waals surface area (Å²) in [5.41, 5.74) is 0.765. The summed E-state index contributed by atoms with van der Waals surface area (Å²) < 4.78 is 43.1. The van der Waals surface area contributed by atoms with Crippen molar-refractivity contribution >= 4 is 5.91 Å². The lowest BCUT2D eigenvalue weighted by Crippen LogP contribution is -2.24. The van der Waals surface area contributed by atoms with Gasteiger partial charge >= 0.3 is 6.18 Å². The van der Waals surface area contributed by atoms with E-state index < -0.39 is 11.7 Å². The maximum Gasteiger partial charge on any atom is 0.416 e. The van der Waals surface area contributed by atoms with Gasteiger partial charge in [-0.25, -0.2) is 4.98 Å². The molecule has 0 bridgehead atoms. The molecule has 0 saturated heterocycles. The van der Waals surface area contributed by atoms with Crippen molar-refractivity contribution in [3.63, 3.8) is 0 Å². The number of rotatable bonds is 7. The lowest BCUT2D eigenvalue weighted by molar-refractivity contribution is -0.137. The number of benzene rings is 2. The van der Waals surface area contributed by atoms with Gasteiger partial charge in [-0.05, 0) is 47.9 Å². The SMILES string of the molecule is COc1ccc(-c2n[nH]c(CNC(=O)CC(C)c3ccc(C(F)(F)F)cc3)n2)cc1. The van der Waals surface area contributed by atoms with E-state index in [-0.39, 0.29) is 24.8 Å². The summed E-state index contributed by atoms with van der Waals surface area (Å²) in [5, 5.41) is 9.66. The molecule has 1 heterocycles. The van der Waals surface area contributed by atoms with E-state index in [2.05, 4.69) is 20.5 Å². The van der Waals surface area contributed by atoms with Gasteiger partial charge in [-0.1, -0.05) is 19.1 Å². The Morgan fingerprint density at radius 3 is 2.40 bits per heavy atom. The Morgan fingerprint density at radius 2 is 1.80 bits per heavy atom. The molecule has 1 unspecified atom stereocenters. The van der Waals surface area contributed by atoms with Crippen LogP contribution in [0.3, 0.4) is 0 Å². The van der Waals surface area contributed by atoms with Gasteiger partial charge in [0.25, 0.3) is 0 Å². The summed E-state index contributed by atoms with van der Waals surface area (Å²) in [6, 6.07) is 12.1. The molecule has 0 radical (unpaired) electrons.